The zero-order chi connectivity index (χ0) is 8.43. The van der Waals surface area contributed by atoms with Crippen molar-refractivity contribution < 1.29 is 9.18 Å². The molecule has 0 spiro atoms. The van der Waals surface area contributed by atoms with Gasteiger partial charge >= 0.3 is 0 Å². The summed E-state index contributed by atoms with van der Waals surface area (Å²) in [6.45, 7) is 1.95. The van der Waals surface area contributed by atoms with E-state index in [2.05, 4.69) is 5.92 Å². The highest BCUT2D eigenvalue weighted by molar-refractivity contribution is 5.73. The number of hydrogen-bond acceptors (Lipinski definition) is 1. The van der Waals surface area contributed by atoms with Crippen molar-refractivity contribution in [1.82, 2.24) is 4.90 Å². The van der Waals surface area contributed by atoms with Crippen LogP contribution in [0.2, 0.25) is 0 Å². The van der Waals surface area contributed by atoms with Gasteiger partial charge in [0.1, 0.15) is 6.17 Å². The van der Waals surface area contributed by atoms with E-state index in [0.717, 1.165) is 0 Å². The van der Waals surface area contributed by atoms with Crippen molar-refractivity contribution in [3.63, 3.8) is 0 Å². The van der Waals surface area contributed by atoms with Crippen molar-refractivity contribution in [3.8, 4) is 12.3 Å². The first kappa shape index (κ1) is 8.06. The smallest absolute Gasteiger partial charge is 0.219 e. The van der Waals surface area contributed by atoms with E-state index in [1.165, 1.54) is 11.8 Å². The summed E-state index contributed by atoms with van der Waals surface area (Å²) in [6, 6.07) is 0. The predicted octanol–water partition coefficient (Wildman–Crippen LogP) is 0.436. The molecule has 0 radical (unpaired) electrons. The highest BCUT2D eigenvalue weighted by atomic mass is 19.1. The highest BCUT2D eigenvalue weighted by Gasteiger charge is 2.32. The molecule has 1 aliphatic heterocycles. The Morgan fingerprint density at radius 3 is 2.64 bits per heavy atom. The molecule has 1 saturated heterocycles. The zero-order valence-corrected chi connectivity index (χ0v) is 6.38. The number of halogens is 1. The molecular weight excluding hydrogens is 145 g/mol. The topological polar surface area (TPSA) is 20.3 Å². The van der Waals surface area contributed by atoms with Gasteiger partial charge in [0.05, 0.1) is 12.5 Å². The minimum atomic E-state index is -1.04. The second-order valence-corrected chi connectivity index (χ2v) is 2.71. The molecule has 1 heterocycles. The first-order valence-electron chi connectivity index (χ1n) is 3.51. The van der Waals surface area contributed by atoms with Crippen molar-refractivity contribution >= 4 is 5.91 Å². The van der Waals surface area contributed by atoms with Gasteiger partial charge in [0, 0.05) is 13.5 Å². The van der Waals surface area contributed by atoms with Gasteiger partial charge in [-0.1, -0.05) is 5.92 Å². The van der Waals surface area contributed by atoms with Crippen molar-refractivity contribution in [3.05, 3.63) is 0 Å². The normalized spacial score (nSPS) is 30.1. The fourth-order valence-electron chi connectivity index (χ4n) is 1.18. The van der Waals surface area contributed by atoms with E-state index >= 15 is 0 Å². The van der Waals surface area contributed by atoms with Gasteiger partial charge in [-0.15, -0.1) is 6.42 Å². The summed E-state index contributed by atoms with van der Waals surface area (Å²) < 4.78 is 12.9. The van der Waals surface area contributed by atoms with Gasteiger partial charge in [-0.25, -0.2) is 4.39 Å². The molecule has 0 aliphatic carbocycles. The maximum absolute atomic E-state index is 12.9. The number of terminal acetylenes is 1. The van der Waals surface area contributed by atoms with E-state index in [-0.39, 0.29) is 12.5 Å². The average molecular weight is 155 g/mol. The molecule has 60 valence electrons. The minimum absolute atomic E-state index is 0.106. The van der Waals surface area contributed by atoms with Crippen LogP contribution in [-0.2, 0) is 4.79 Å². The van der Waals surface area contributed by atoms with Crippen molar-refractivity contribution in [1.29, 1.82) is 0 Å². The third-order valence-electron chi connectivity index (χ3n) is 1.91. The van der Waals surface area contributed by atoms with E-state index in [0.29, 0.717) is 6.54 Å². The van der Waals surface area contributed by atoms with Gasteiger partial charge in [0.2, 0.25) is 5.91 Å². The van der Waals surface area contributed by atoms with Gasteiger partial charge < -0.3 is 4.90 Å². The molecule has 0 aromatic heterocycles. The van der Waals surface area contributed by atoms with Crippen molar-refractivity contribution in [2.75, 3.05) is 13.1 Å². The molecule has 0 aromatic carbocycles. The Bertz CT molecular complexity index is 209. The number of alkyl halides is 1. The molecule has 11 heavy (non-hydrogen) atoms. The van der Waals surface area contributed by atoms with Crippen LogP contribution in [0.25, 0.3) is 0 Å². The van der Waals surface area contributed by atoms with Gasteiger partial charge in [0.15, 0.2) is 0 Å². The molecule has 0 aromatic rings. The summed E-state index contributed by atoms with van der Waals surface area (Å²) in [5, 5.41) is 0. The van der Waals surface area contributed by atoms with Gasteiger partial charge in [0.25, 0.3) is 0 Å². The molecule has 1 amide bonds. The van der Waals surface area contributed by atoms with E-state index < -0.39 is 12.1 Å². The van der Waals surface area contributed by atoms with Gasteiger partial charge in [-0.2, -0.15) is 0 Å². The summed E-state index contributed by atoms with van der Waals surface area (Å²) in [5.41, 5.74) is 0. The van der Waals surface area contributed by atoms with Crippen LogP contribution in [0.3, 0.4) is 0 Å². The summed E-state index contributed by atoms with van der Waals surface area (Å²) in [5.74, 6) is 1.82. The Morgan fingerprint density at radius 2 is 2.36 bits per heavy atom. The number of rotatable bonds is 0. The summed E-state index contributed by atoms with van der Waals surface area (Å²) in [4.78, 5) is 12.2. The molecule has 3 heteroatoms. The lowest BCUT2D eigenvalue weighted by molar-refractivity contribution is -0.128. The molecule has 2 atom stereocenters. The number of nitrogens with zero attached hydrogens (tertiary/aromatic N) is 1. The lowest BCUT2D eigenvalue weighted by Gasteiger charge is -2.10. The van der Waals surface area contributed by atoms with Crippen LogP contribution in [-0.4, -0.2) is 30.1 Å². The quantitative estimate of drug-likeness (QED) is 0.465. The van der Waals surface area contributed by atoms with Crippen LogP contribution in [0.5, 0.6) is 0 Å². The third kappa shape index (κ3) is 1.51. The second-order valence-electron chi connectivity index (χ2n) is 2.71. The first-order valence-corrected chi connectivity index (χ1v) is 3.51. The van der Waals surface area contributed by atoms with Crippen LogP contribution in [0.15, 0.2) is 0 Å². The lowest BCUT2D eigenvalue weighted by atomic mass is 10.1. The monoisotopic (exact) mass is 155 g/mol. The number of carbonyl (C=O) groups excluding carboxylic acids is 1. The largest absolute Gasteiger partial charge is 0.339 e. The van der Waals surface area contributed by atoms with Gasteiger partial charge in [-0.3, -0.25) is 4.79 Å². The fourth-order valence-corrected chi connectivity index (χ4v) is 1.18. The van der Waals surface area contributed by atoms with Crippen molar-refractivity contribution in [2.24, 2.45) is 5.92 Å². The maximum Gasteiger partial charge on any atom is 0.219 e. The van der Waals surface area contributed by atoms with E-state index in [4.69, 9.17) is 6.42 Å². The molecule has 0 N–H and O–H groups in total. The Balaban J connectivity index is 2.58. The molecule has 0 unspecified atom stereocenters. The lowest BCUT2D eigenvalue weighted by Crippen LogP contribution is -2.26. The summed E-state index contributed by atoms with van der Waals surface area (Å²) in [7, 11) is 0. The molecule has 0 saturated carbocycles. The molecular formula is C8H10FNO. The molecule has 1 rings (SSSR count). The number of hydrogen-bond donors (Lipinski definition) is 0. The molecule has 1 aliphatic rings. The number of likely N-dealkylation sites (tertiary alicyclic amines) is 1. The van der Waals surface area contributed by atoms with E-state index in [9.17, 15) is 9.18 Å². The van der Waals surface area contributed by atoms with Gasteiger partial charge in [-0.05, 0) is 0 Å². The highest BCUT2D eigenvalue weighted by Crippen LogP contribution is 2.18. The van der Waals surface area contributed by atoms with Crippen LogP contribution < -0.4 is 0 Å². The van der Waals surface area contributed by atoms with E-state index in [1.807, 2.05) is 0 Å². The molecule has 0 bridgehead atoms. The summed E-state index contributed by atoms with van der Waals surface area (Å²) >= 11 is 0. The second kappa shape index (κ2) is 2.91. The Hall–Kier alpha value is -1.04. The van der Waals surface area contributed by atoms with Crippen LogP contribution >= 0.6 is 0 Å². The minimum Gasteiger partial charge on any atom is -0.339 e. The van der Waals surface area contributed by atoms with E-state index in [1.54, 1.807) is 0 Å². The van der Waals surface area contributed by atoms with Crippen LogP contribution in [0.4, 0.5) is 4.39 Å². The maximum atomic E-state index is 12.9. The Labute approximate surface area is 65.4 Å². The average Bonchev–Trinajstić information content (AvgIpc) is 2.31. The first-order chi connectivity index (χ1) is 5.15. The molecule has 2 nitrogen and oxygen atoms in total. The Kier molecular flexibility index (Phi) is 2.13. The Morgan fingerprint density at radius 1 is 1.73 bits per heavy atom. The third-order valence-corrected chi connectivity index (χ3v) is 1.91. The standard InChI is InChI=1S/C8H10FNO/c1-3-7-4-10(6(2)11)5-8(7)9/h1,7-8H,4-5H2,2H3/t7-,8+/m0/s1. The fraction of sp³-hybridized carbons (Fsp3) is 0.625. The SMILES string of the molecule is C#C[C@H]1CN(C(C)=O)C[C@H]1F. The number of amides is 1. The molecule has 1 fully saturated rings. The zero-order valence-electron chi connectivity index (χ0n) is 6.38. The summed E-state index contributed by atoms with van der Waals surface area (Å²) in [6.07, 6.45) is 4.02. The van der Waals surface area contributed by atoms with Crippen molar-refractivity contribution in [2.45, 2.75) is 13.1 Å². The number of carbonyl (C=O) groups is 1. The predicted molar refractivity (Wildman–Crippen MR) is 39.5 cm³/mol. The van der Waals surface area contributed by atoms with Crippen LogP contribution in [0.1, 0.15) is 6.92 Å². The van der Waals surface area contributed by atoms with Crippen LogP contribution in [0, 0.1) is 18.3 Å².